The van der Waals surface area contributed by atoms with Crippen molar-refractivity contribution in [2.24, 2.45) is 0 Å². The Bertz CT molecular complexity index is 791. The fourth-order valence-electron chi connectivity index (χ4n) is 3.01. The molecule has 0 saturated carbocycles. The zero-order valence-corrected chi connectivity index (χ0v) is 15.5. The molecule has 0 aliphatic carbocycles. The van der Waals surface area contributed by atoms with Crippen molar-refractivity contribution in [3.8, 4) is 5.75 Å². The summed E-state index contributed by atoms with van der Waals surface area (Å²) in [6.07, 6.45) is 0. The van der Waals surface area contributed by atoms with E-state index in [0.29, 0.717) is 10.8 Å². The Kier molecular flexibility index (Phi) is 4.79. The molecule has 1 amide bonds. The molecule has 0 radical (unpaired) electrons. The molecule has 0 aromatic heterocycles. The summed E-state index contributed by atoms with van der Waals surface area (Å²) in [4.78, 5) is 14.4. The molecule has 0 bridgehead atoms. The van der Waals surface area contributed by atoms with Crippen LogP contribution in [-0.2, 0) is 4.79 Å². The number of rotatable bonds is 3. The molecule has 1 atom stereocenters. The third kappa shape index (κ3) is 3.13. The van der Waals surface area contributed by atoms with Gasteiger partial charge >= 0.3 is 0 Å². The van der Waals surface area contributed by atoms with Crippen molar-refractivity contribution >= 4 is 35.0 Å². The molecule has 1 aliphatic rings. The van der Waals surface area contributed by atoms with Gasteiger partial charge in [0.05, 0.1) is 5.75 Å². The number of aromatic hydroxyl groups is 1. The summed E-state index contributed by atoms with van der Waals surface area (Å²) in [6, 6.07) is 11.3. The molecule has 3 nitrogen and oxygen atoms in total. The second kappa shape index (κ2) is 6.69. The average molecular weight is 362 g/mol. The van der Waals surface area contributed by atoms with Gasteiger partial charge in [-0.15, -0.1) is 11.8 Å². The SMILES string of the molecule is Cc1cc(O)c(C(C)C)cc1N1C(=O)CSC1c1cccc(Cl)c1. The molecule has 1 unspecified atom stereocenters. The van der Waals surface area contributed by atoms with Crippen LogP contribution in [-0.4, -0.2) is 16.8 Å². The number of nitrogens with zero attached hydrogens (tertiary/aromatic N) is 1. The average Bonchev–Trinajstić information content (AvgIpc) is 2.89. The van der Waals surface area contributed by atoms with Gasteiger partial charge in [0.1, 0.15) is 11.1 Å². The summed E-state index contributed by atoms with van der Waals surface area (Å²) in [6.45, 7) is 5.98. The van der Waals surface area contributed by atoms with Crippen LogP contribution in [0.1, 0.15) is 41.8 Å². The highest BCUT2D eigenvalue weighted by molar-refractivity contribution is 8.00. The summed E-state index contributed by atoms with van der Waals surface area (Å²) in [5, 5.41) is 10.8. The number of benzene rings is 2. The third-order valence-electron chi connectivity index (χ3n) is 4.23. The normalized spacial score (nSPS) is 17.8. The Morgan fingerprint density at radius 3 is 2.71 bits per heavy atom. The third-order valence-corrected chi connectivity index (χ3v) is 5.68. The van der Waals surface area contributed by atoms with Crippen LogP contribution < -0.4 is 4.90 Å². The first kappa shape index (κ1) is 17.2. The molecule has 2 aromatic carbocycles. The van der Waals surface area contributed by atoms with Crippen LogP contribution in [0.3, 0.4) is 0 Å². The van der Waals surface area contributed by atoms with Gasteiger partial charge in [0, 0.05) is 10.7 Å². The number of phenols is 1. The van der Waals surface area contributed by atoms with E-state index in [1.54, 1.807) is 17.8 Å². The fourth-order valence-corrected chi connectivity index (χ4v) is 4.37. The quantitative estimate of drug-likeness (QED) is 0.811. The Morgan fingerprint density at radius 1 is 1.29 bits per heavy atom. The summed E-state index contributed by atoms with van der Waals surface area (Å²) < 4.78 is 0. The molecule has 0 spiro atoms. The maximum absolute atomic E-state index is 12.6. The van der Waals surface area contributed by atoms with Crippen molar-refractivity contribution in [1.29, 1.82) is 0 Å². The first-order chi connectivity index (χ1) is 11.4. The van der Waals surface area contributed by atoms with E-state index in [1.165, 1.54) is 0 Å². The molecule has 1 heterocycles. The van der Waals surface area contributed by atoms with E-state index in [9.17, 15) is 9.90 Å². The van der Waals surface area contributed by atoms with Crippen LogP contribution in [0.2, 0.25) is 5.02 Å². The second-order valence-corrected chi connectivity index (χ2v) is 7.84. The fraction of sp³-hybridized carbons (Fsp3) is 0.316. The molecular formula is C19H20ClNO2S. The molecule has 24 heavy (non-hydrogen) atoms. The van der Waals surface area contributed by atoms with Crippen molar-refractivity contribution < 1.29 is 9.90 Å². The van der Waals surface area contributed by atoms with Gasteiger partial charge in [-0.2, -0.15) is 0 Å². The zero-order chi connectivity index (χ0) is 17.4. The van der Waals surface area contributed by atoms with Crippen LogP contribution in [0, 0.1) is 6.92 Å². The Morgan fingerprint density at radius 2 is 2.04 bits per heavy atom. The predicted octanol–water partition coefficient (Wildman–Crippen LogP) is 5.26. The maximum atomic E-state index is 12.6. The van der Waals surface area contributed by atoms with Gasteiger partial charge in [-0.3, -0.25) is 9.69 Å². The predicted molar refractivity (Wildman–Crippen MR) is 101 cm³/mol. The number of anilines is 1. The minimum absolute atomic E-state index is 0.0773. The first-order valence-electron chi connectivity index (χ1n) is 7.91. The number of phenolic OH excluding ortho intramolecular Hbond substituents is 1. The molecule has 1 aliphatic heterocycles. The molecule has 1 saturated heterocycles. The number of thioether (sulfide) groups is 1. The Balaban J connectivity index is 2.09. The second-order valence-electron chi connectivity index (χ2n) is 6.33. The number of hydrogen-bond donors (Lipinski definition) is 1. The lowest BCUT2D eigenvalue weighted by molar-refractivity contribution is -0.115. The van der Waals surface area contributed by atoms with Gasteiger partial charge in [-0.1, -0.05) is 37.6 Å². The molecule has 2 aromatic rings. The number of aryl methyl sites for hydroxylation is 1. The van der Waals surface area contributed by atoms with Gasteiger partial charge in [-0.25, -0.2) is 0 Å². The summed E-state index contributed by atoms with van der Waals surface area (Å²) in [5.74, 6) is 0.978. The molecule has 3 rings (SSSR count). The van der Waals surface area contributed by atoms with E-state index >= 15 is 0 Å². The van der Waals surface area contributed by atoms with Crippen molar-refractivity contribution in [2.45, 2.75) is 32.1 Å². The van der Waals surface area contributed by atoms with Crippen LogP contribution in [0.5, 0.6) is 5.75 Å². The van der Waals surface area contributed by atoms with E-state index in [2.05, 4.69) is 0 Å². The van der Waals surface area contributed by atoms with Crippen LogP contribution in [0.25, 0.3) is 0 Å². The largest absolute Gasteiger partial charge is 0.508 e. The first-order valence-corrected chi connectivity index (χ1v) is 9.33. The lowest BCUT2D eigenvalue weighted by Crippen LogP contribution is -2.28. The monoisotopic (exact) mass is 361 g/mol. The van der Waals surface area contributed by atoms with Crippen LogP contribution in [0.4, 0.5) is 5.69 Å². The molecule has 5 heteroatoms. The van der Waals surface area contributed by atoms with Gasteiger partial charge < -0.3 is 5.11 Å². The maximum Gasteiger partial charge on any atom is 0.238 e. The van der Waals surface area contributed by atoms with Gasteiger partial charge in [0.2, 0.25) is 5.91 Å². The number of amides is 1. The summed E-state index contributed by atoms with van der Waals surface area (Å²) in [5.41, 5.74) is 3.61. The van der Waals surface area contributed by atoms with Gasteiger partial charge in [-0.05, 0) is 53.8 Å². The molecule has 1 fully saturated rings. The number of hydrogen-bond acceptors (Lipinski definition) is 3. The van der Waals surface area contributed by atoms with Gasteiger partial charge in [0.25, 0.3) is 0 Å². The standard InChI is InChI=1S/C19H20ClNO2S/c1-11(2)15-9-16(12(3)7-17(15)22)21-18(23)10-24-19(21)13-5-4-6-14(20)8-13/h4-9,11,19,22H,10H2,1-3H3. The lowest BCUT2D eigenvalue weighted by Gasteiger charge is -2.27. The highest BCUT2D eigenvalue weighted by atomic mass is 35.5. The smallest absolute Gasteiger partial charge is 0.238 e. The minimum atomic E-state index is -0.0977. The highest BCUT2D eigenvalue weighted by Gasteiger charge is 2.35. The van der Waals surface area contributed by atoms with E-state index in [0.717, 1.165) is 22.4 Å². The number of carbonyl (C=O) groups excluding carboxylic acids is 1. The van der Waals surface area contributed by atoms with Crippen molar-refractivity contribution in [3.63, 3.8) is 0 Å². The summed E-state index contributed by atoms with van der Waals surface area (Å²) >= 11 is 7.72. The van der Waals surface area contributed by atoms with Gasteiger partial charge in [0.15, 0.2) is 0 Å². The number of carbonyl (C=O) groups is 1. The van der Waals surface area contributed by atoms with E-state index in [4.69, 9.17) is 11.6 Å². The van der Waals surface area contributed by atoms with Crippen molar-refractivity contribution in [3.05, 3.63) is 58.1 Å². The highest BCUT2D eigenvalue weighted by Crippen LogP contribution is 2.45. The minimum Gasteiger partial charge on any atom is -0.508 e. The molecule has 1 N–H and O–H groups in total. The number of halogens is 1. The molecule has 126 valence electrons. The zero-order valence-electron chi connectivity index (χ0n) is 13.9. The lowest BCUT2D eigenvalue weighted by atomic mass is 9.98. The van der Waals surface area contributed by atoms with E-state index in [1.807, 2.05) is 56.0 Å². The summed E-state index contributed by atoms with van der Waals surface area (Å²) in [7, 11) is 0. The van der Waals surface area contributed by atoms with Crippen molar-refractivity contribution in [1.82, 2.24) is 0 Å². The van der Waals surface area contributed by atoms with Crippen molar-refractivity contribution in [2.75, 3.05) is 10.7 Å². The molecular weight excluding hydrogens is 342 g/mol. The van der Waals surface area contributed by atoms with E-state index in [-0.39, 0.29) is 22.9 Å². The Labute approximate surface area is 151 Å². The van der Waals surface area contributed by atoms with Crippen LogP contribution >= 0.6 is 23.4 Å². The van der Waals surface area contributed by atoms with Crippen LogP contribution in [0.15, 0.2) is 36.4 Å². The van der Waals surface area contributed by atoms with E-state index < -0.39 is 0 Å². The Hall–Kier alpha value is -1.65. The topological polar surface area (TPSA) is 40.5 Å².